The molecule has 96 valence electrons. The molecular formula is C10H16BrN3O2S. The number of rotatable bonds is 6. The van der Waals surface area contributed by atoms with E-state index in [4.69, 9.17) is 0 Å². The Bertz CT molecular complexity index is 462. The first kappa shape index (κ1) is 14.6. The van der Waals surface area contributed by atoms with E-state index in [0.717, 1.165) is 10.3 Å². The molecule has 0 saturated carbocycles. The fraction of sp³-hybridized carbons (Fsp3) is 0.500. The van der Waals surface area contributed by atoms with Crippen molar-refractivity contribution in [2.75, 3.05) is 26.4 Å². The van der Waals surface area contributed by atoms with Crippen LogP contribution in [0.25, 0.3) is 0 Å². The maximum Gasteiger partial charge on any atom is 0.214 e. The SMILES string of the molecule is CN(C)S(=O)(=O)CCNCc1cccc(Br)n1. The van der Waals surface area contributed by atoms with Crippen LogP contribution < -0.4 is 5.32 Å². The molecule has 1 aromatic heterocycles. The molecule has 0 fully saturated rings. The van der Waals surface area contributed by atoms with Gasteiger partial charge in [0.2, 0.25) is 10.0 Å². The van der Waals surface area contributed by atoms with Crippen LogP contribution in [0, 0.1) is 0 Å². The highest BCUT2D eigenvalue weighted by atomic mass is 79.9. The van der Waals surface area contributed by atoms with E-state index >= 15 is 0 Å². The molecule has 0 radical (unpaired) electrons. The Hall–Kier alpha value is -0.500. The molecule has 0 unspecified atom stereocenters. The number of aromatic nitrogens is 1. The first-order valence-electron chi connectivity index (χ1n) is 5.14. The van der Waals surface area contributed by atoms with Gasteiger partial charge in [0.15, 0.2) is 0 Å². The van der Waals surface area contributed by atoms with Crippen molar-refractivity contribution in [2.45, 2.75) is 6.54 Å². The van der Waals surface area contributed by atoms with Crippen LogP contribution in [-0.4, -0.2) is 44.1 Å². The van der Waals surface area contributed by atoms with Gasteiger partial charge in [0.1, 0.15) is 4.60 Å². The van der Waals surface area contributed by atoms with Gasteiger partial charge in [0.05, 0.1) is 11.4 Å². The van der Waals surface area contributed by atoms with Gasteiger partial charge < -0.3 is 5.32 Å². The zero-order valence-corrected chi connectivity index (χ0v) is 12.3. The highest BCUT2D eigenvalue weighted by molar-refractivity contribution is 9.10. The van der Waals surface area contributed by atoms with Gasteiger partial charge in [0.25, 0.3) is 0 Å². The largest absolute Gasteiger partial charge is 0.310 e. The number of hydrogen-bond donors (Lipinski definition) is 1. The number of halogens is 1. The maximum absolute atomic E-state index is 11.5. The van der Waals surface area contributed by atoms with Gasteiger partial charge in [0, 0.05) is 27.2 Å². The van der Waals surface area contributed by atoms with E-state index in [9.17, 15) is 8.42 Å². The Labute approximate surface area is 110 Å². The third-order valence-corrected chi connectivity index (χ3v) is 4.45. The molecule has 0 saturated heterocycles. The molecule has 17 heavy (non-hydrogen) atoms. The van der Waals surface area contributed by atoms with Gasteiger partial charge in [-0.05, 0) is 28.1 Å². The summed E-state index contributed by atoms with van der Waals surface area (Å²) in [5, 5.41) is 3.05. The van der Waals surface area contributed by atoms with Crippen LogP contribution in [0.3, 0.4) is 0 Å². The first-order valence-corrected chi connectivity index (χ1v) is 7.54. The maximum atomic E-state index is 11.5. The van der Waals surface area contributed by atoms with Crippen molar-refractivity contribution in [3.8, 4) is 0 Å². The monoisotopic (exact) mass is 321 g/mol. The van der Waals surface area contributed by atoms with Crippen LogP contribution in [0.15, 0.2) is 22.8 Å². The Morgan fingerprint density at radius 2 is 2.12 bits per heavy atom. The van der Waals surface area contributed by atoms with Gasteiger partial charge in [-0.15, -0.1) is 0 Å². The van der Waals surface area contributed by atoms with E-state index in [1.54, 1.807) is 0 Å². The van der Waals surface area contributed by atoms with Crippen LogP contribution in [-0.2, 0) is 16.6 Å². The molecule has 0 amide bonds. The average Bonchev–Trinajstić information content (AvgIpc) is 2.24. The number of sulfonamides is 1. The second-order valence-electron chi connectivity index (χ2n) is 3.73. The molecule has 1 aromatic rings. The lowest BCUT2D eigenvalue weighted by Gasteiger charge is -2.11. The van der Waals surface area contributed by atoms with Gasteiger partial charge >= 0.3 is 0 Å². The van der Waals surface area contributed by atoms with Crippen LogP contribution in [0.5, 0.6) is 0 Å². The fourth-order valence-corrected chi connectivity index (χ4v) is 2.30. The van der Waals surface area contributed by atoms with Crippen molar-refractivity contribution < 1.29 is 8.42 Å². The van der Waals surface area contributed by atoms with E-state index in [2.05, 4.69) is 26.2 Å². The second-order valence-corrected chi connectivity index (χ2v) is 6.84. The van der Waals surface area contributed by atoms with Crippen molar-refractivity contribution in [1.29, 1.82) is 0 Å². The molecule has 0 aliphatic rings. The Balaban J connectivity index is 2.35. The summed E-state index contributed by atoms with van der Waals surface area (Å²) in [5.41, 5.74) is 0.877. The van der Waals surface area contributed by atoms with Crippen LogP contribution >= 0.6 is 15.9 Å². The molecule has 5 nitrogen and oxygen atoms in total. The van der Waals surface area contributed by atoms with Crippen LogP contribution in [0.4, 0.5) is 0 Å². The van der Waals surface area contributed by atoms with Crippen molar-refractivity contribution in [2.24, 2.45) is 0 Å². The fourth-order valence-electron chi connectivity index (χ4n) is 1.15. The minimum Gasteiger partial charge on any atom is -0.310 e. The summed E-state index contributed by atoms with van der Waals surface area (Å²) in [6.07, 6.45) is 0. The average molecular weight is 322 g/mol. The zero-order chi connectivity index (χ0) is 12.9. The predicted molar refractivity (Wildman–Crippen MR) is 71.1 cm³/mol. The molecule has 1 heterocycles. The zero-order valence-electron chi connectivity index (χ0n) is 9.85. The summed E-state index contributed by atoms with van der Waals surface area (Å²) < 4.78 is 24.9. The van der Waals surface area contributed by atoms with Crippen molar-refractivity contribution in [3.63, 3.8) is 0 Å². The minimum atomic E-state index is -3.12. The molecule has 0 atom stereocenters. The van der Waals surface area contributed by atoms with E-state index in [0.29, 0.717) is 13.1 Å². The van der Waals surface area contributed by atoms with E-state index in [1.165, 1.54) is 18.4 Å². The molecular weight excluding hydrogens is 306 g/mol. The smallest absolute Gasteiger partial charge is 0.214 e. The highest BCUT2D eigenvalue weighted by Crippen LogP contribution is 2.05. The Morgan fingerprint density at radius 3 is 2.71 bits per heavy atom. The molecule has 1 N–H and O–H groups in total. The Morgan fingerprint density at radius 1 is 1.41 bits per heavy atom. The molecule has 0 bridgehead atoms. The van der Waals surface area contributed by atoms with E-state index in [-0.39, 0.29) is 5.75 Å². The van der Waals surface area contributed by atoms with Gasteiger partial charge in [-0.3, -0.25) is 0 Å². The summed E-state index contributed by atoms with van der Waals surface area (Å²) in [4.78, 5) is 4.24. The summed E-state index contributed by atoms with van der Waals surface area (Å²) in [6, 6.07) is 5.63. The number of nitrogens with zero attached hydrogens (tertiary/aromatic N) is 2. The lowest BCUT2D eigenvalue weighted by Crippen LogP contribution is -2.31. The standard InChI is InChI=1S/C10H16BrN3O2S/c1-14(2)17(15,16)7-6-12-8-9-4-3-5-10(11)13-9/h3-5,12H,6-8H2,1-2H3. The van der Waals surface area contributed by atoms with Crippen LogP contribution in [0.1, 0.15) is 5.69 Å². The molecule has 0 aromatic carbocycles. The topological polar surface area (TPSA) is 62.3 Å². The summed E-state index contributed by atoms with van der Waals surface area (Å²) in [6.45, 7) is 0.969. The second kappa shape index (κ2) is 6.44. The lowest BCUT2D eigenvalue weighted by atomic mass is 10.3. The molecule has 0 spiro atoms. The molecule has 0 aliphatic carbocycles. The third kappa shape index (κ3) is 5.12. The van der Waals surface area contributed by atoms with Crippen molar-refractivity contribution >= 4 is 26.0 Å². The molecule has 0 aliphatic heterocycles. The number of hydrogen-bond acceptors (Lipinski definition) is 4. The summed E-state index contributed by atoms with van der Waals surface area (Å²) in [7, 11) is -0.0538. The number of nitrogens with one attached hydrogen (secondary N) is 1. The Kier molecular flexibility index (Phi) is 5.51. The summed E-state index contributed by atoms with van der Waals surface area (Å²) in [5.74, 6) is 0.0913. The quantitative estimate of drug-likeness (QED) is 0.622. The van der Waals surface area contributed by atoms with Crippen LogP contribution in [0.2, 0.25) is 0 Å². The minimum absolute atomic E-state index is 0.0913. The van der Waals surface area contributed by atoms with Gasteiger partial charge in [-0.25, -0.2) is 17.7 Å². The van der Waals surface area contributed by atoms with E-state index in [1.807, 2.05) is 18.2 Å². The lowest BCUT2D eigenvalue weighted by molar-refractivity contribution is 0.517. The molecule has 7 heteroatoms. The third-order valence-electron chi connectivity index (χ3n) is 2.17. The first-order chi connectivity index (χ1) is 7.92. The predicted octanol–water partition coefficient (Wildman–Crippen LogP) is 0.825. The summed E-state index contributed by atoms with van der Waals surface area (Å²) >= 11 is 3.28. The van der Waals surface area contributed by atoms with Gasteiger partial charge in [-0.1, -0.05) is 6.07 Å². The van der Waals surface area contributed by atoms with Crippen molar-refractivity contribution in [1.82, 2.24) is 14.6 Å². The van der Waals surface area contributed by atoms with E-state index < -0.39 is 10.0 Å². The molecule has 1 rings (SSSR count). The highest BCUT2D eigenvalue weighted by Gasteiger charge is 2.12. The normalized spacial score (nSPS) is 12.0. The van der Waals surface area contributed by atoms with Crippen molar-refractivity contribution in [3.05, 3.63) is 28.5 Å². The number of pyridine rings is 1. The van der Waals surface area contributed by atoms with Gasteiger partial charge in [-0.2, -0.15) is 0 Å².